The van der Waals surface area contributed by atoms with Gasteiger partial charge in [0.15, 0.2) is 0 Å². The summed E-state index contributed by atoms with van der Waals surface area (Å²) in [5.41, 5.74) is 1.97. The van der Waals surface area contributed by atoms with Crippen LogP contribution in [0.15, 0.2) is 22.4 Å². The molecule has 0 aromatic carbocycles. The lowest BCUT2D eigenvalue weighted by atomic mass is 10.1. The summed E-state index contributed by atoms with van der Waals surface area (Å²) in [6.07, 6.45) is 5.60. The molecule has 2 atom stereocenters. The van der Waals surface area contributed by atoms with Crippen molar-refractivity contribution < 1.29 is 0 Å². The van der Waals surface area contributed by atoms with Crippen LogP contribution in [0.3, 0.4) is 0 Å². The van der Waals surface area contributed by atoms with Crippen LogP contribution in [0.4, 0.5) is 0 Å². The van der Waals surface area contributed by atoms with E-state index in [1.807, 2.05) is 25.7 Å². The van der Waals surface area contributed by atoms with Crippen LogP contribution in [-0.2, 0) is 7.05 Å². The van der Waals surface area contributed by atoms with Gasteiger partial charge in [0.1, 0.15) is 0 Å². The number of nitrogens with zero attached hydrogens (tertiary/aromatic N) is 4. The molecule has 1 aromatic rings. The second-order valence-electron chi connectivity index (χ2n) is 3.68. The Balaban J connectivity index is 2.29. The van der Waals surface area contributed by atoms with Gasteiger partial charge in [-0.25, -0.2) is 0 Å². The molecule has 0 saturated heterocycles. The minimum Gasteiger partial charge on any atom is -0.286 e. The van der Waals surface area contributed by atoms with Gasteiger partial charge in [-0.2, -0.15) is 5.10 Å². The van der Waals surface area contributed by atoms with Crippen molar-refractivity contribution in [1.82, 2.24) is 9.78 Å². The molecule has 1 aromatic heterocycles. The molecule has 1 aliphatic heterocycles. The van der Waals surface area contributed by atoms with Crippen LogP contribution in [0.2, 0.25) is 0 Å². The lowest BCUT2D eigenvalue weighted by Crippen LogP contribution is -2.24. The van der Waals surface area contributed by atoms with E-state index in [1.165, 1.54) is 0 Å². The van der Waals surface area contributed by atoms with Crippen molar-refractivity contribution in [2.24, 2.45) is 17.0 Å². The Bertz CT molecular complexity index is 389. The molecule has 0 amide bonds. The second kappa shape index (κ2) is 3.36. The predicted molar refractivity (Wildman–Crippen MR) is 57.2 cm³/mol. The highest BCUT2D eigenvalue weighted by molar-refractivity contribution is 6.38. The maximum Gasteiger partial charge on any atom is 0.0860 e. The van der Waals surface area contributed by atoms with Gasteiger partial charge in [-0.05, 0) is 13.8 Å². The fourth-order valence-electron chi connectivity index (χ4n) is 1.38. The van der Waals surface area contributed by atoms with Crippen LogP contribution >= 0.6 is 0 Å². The number of rotatable bonds is 1. The van der Waals surface area contributed by atoms with Gasteiger partial charge in [0.25, 0.3) is 0 Å². The first-order chi connectivity index (χ1) is 6.66. The lowest BCUT2D eigenvalue weighted by Gasteiger charge is -2.16. The van der Waals surface area contributed by atoms with Gasteiger partial charge in [0, 0.05) is 25.0 Å². The van der Waals surface area contributed by atoms with Gasteiger partial charge >= 0.3 is 0 Å². The topological polar surface area (TPSA) is 42.5 Å². The summed E-state index contributed by atoms with van der Waals surface area (Å²) in [5.74, 6) is 0. The first-order valence-electron chi connectivity index (χ1n) is 4.77. The third-order valence-corrected chi connectivity index (χ3v) is 2.47. The fraction of sp³-hybridized carbons (Fsp3) is 0.500. The third kappa shape index (κ3) is 1.60. The van der Waals surface area contributed by atoms with Crippen molar-refractivity contribution in [1.29, 1.82) is 0 Å². The fourth-order valence-corrected chi connectivity index (χ4v) is 1.38. The Kier molecular flexibility index (Phi) is 2.19. The summed E-state index contributed by atoms with van der Waals surface area (Å²) in [6, 6.07) is 0.547. The van der Waals surface area contributed by atoms with E-state index in [4.69, 9.17) is 0 Å². The van der Waals surface area contributed by atoms with Crippen molar-refractivity contribution >= 4 is 11.9 Å². The molecule has 4 nitrogen and oxygen atoms in total. The van der Waals surface area contributed by atoms with E-state index in [2.05, 4.69) is 28.9 Å². The van der Waals surface area contributed by atoms with Gasteiger partial charge in [-0.3, -0.25) is 14.7 Å². The second-order valence-corrected chi connectivity index (χ2v) is 3.68. The standard InChI is InChI=1S/C10H14N4/c1-7-8(2)13-10(5-11-7)9-4-12-14(3)6-9/h4-8H,1-3H3. The smallest absolute Gasteiger partial charge is 0.0860 e. The van der Waals surface area contributed by atoms with Crippen LogP contribution in [-0.4, -0.2) is 33.8 Å². The zero-order valence-electron chi connectivity index (χ0n) is 8.68. The summed E-state index contributed by atoms with van der Waals surface area (Å²) >= 11 is 0. The maximum atomic E-state index is 4.56. The molecule has 14 heavy (non-hydrogen) atoms. The van der Waals surface area contributed by atoms with Gasteiger partial charge in [0.2, 0.25) is 0 Å². The van der Waals surface area contributed by atoms with Gasteiger partial charge in [-0.15, -0.1) is 0 Å². The first kappa shape index (κ1) is 9.12. The molecule has 0 N–H and O–H groups in total. The molecule has 2 unspecified atom stereocenters. The molecule has 2 heterocycles. The van der Waals surface area contributed by atoms with Crippen LogP contribution in [0.5, 0.6) is 0 Å². The number of aliphatic imine (C=N–C) groups is 2. The van der Waals surface area contributed by atoms with Gasteiger partial charge in [-0.1, -0.05) is 0 Å². The quantitative estimate of drug-likeness (QED) is 0.653. The molecule has 74 valence electrons. The summed E-state index contributed by atoms with van der Waals surface area (Å²) < 4.78 is 1.77. The van der Waals surface area contributed by atoms with E-state index in [0.717, 1.165) is 11.3 Å². The van der Waals surface area contributed by atoms with Crippen molar-refractivity contribution in [2.45, 2.75) is 25.9 Å². The van der Waals surface area contributed by atoms with Crippen molar-refractivity contribution in [3.63, 3.8) is 0 Å². The molecule has 0 radical (unpaired) electrons. The Morgan fingerprint density at radius 1 is 1.29 bits per heavy atom. The summed E-state index contributed by atoms with van der Waals surface area (Å²) in [6.45, 7) is 4.15. The van der Waals surface area contributed by atoms with E-state index < -0.39 is 0 Å². The predicted octanol–water partition coefficient (Wildman–Crippen LogP) is 1.07. The zero-order chi connectivity index (χ0) is 10.1. The zero-order valence-corrected chi connectivity index (χ0v) is 8.68. The molecular weight excluding hydrogens is 176 g/mol. The Morgan fingerprint density at radius 3 is 2.64 bits per heavy atom. The molecule has 2 rings (SSSR count). The Morgan fingerprint density at radius 2 is 2.07 bits per heavy atom. The molecule has 1 aliphatic rings. The lowest BCUT2D eigenvalue weighted by molar-refractivity contribution is 0.605. The number of hydrogen-bond acceptors (Lipinski definition) is 3. The van der Waals surface area contributed by atoms with Gasteiger partial charge in [0.05, 0.1) is 24.0 Å². The normalized spacial score (nSPS) is 26.4. The van der Waals surface area contributed by atoms with E-state index in [-0.39, 0.29) is 12.1 Å². The van der Waals surface area contributed by atoms with E-state index >= 15 is 0 Å². The van der Waals surface area contributed by atoms with E-state index in [1.54, 1.807) is 4.68 Å². The van der Waals surface area contributed by atoms with Crippen molar-refractivity contribution in [3.8, 4) is 0 Å². The highest BCUT2D eigenvalue weighted by atomic mass is 15.2. The molecule has 0 spiro atoms. The molecule has 0 bridgehead atoms. The minimum absolute atomic E-state index is 0.259. The highest BCUT2D eigenvalue weighted by Gasteiger charge is 2.15. The average Bonchev–Trinajstić information content (AvgIpc) is 2.57. The minimum atomic E-state index is 0.259. The van der Waals surface area contributed by atoms with Gasteiger partial charge < -0.3 is 0 Å². The SMILES string of the molecule is CC1N=CC(c2cnn(C)c2)=NC1C. The number of hydrogen-bond donors (Lipinski definition) is 0. The van der Waals surface area contributed by atoms with E-state index in [9.17, 15) is 0 Å². The van der Waals surface area contributed by atoms with Crippen molar-refractivity contribution in [3.05, 3.63) is 18.0 Å². The first-order valence-corrected chi connectivity index (χ1v) is 4.77. The molecule has 0 aliphatic carbocycles. The highest BCUT2D eigenvalue weighted by Crippen LogP contribution is 2.10. The average molecular weight is 190 g/mol. The van der Waals surface area contributed by atoms with Crippen LogP contribution in [0.25, 0.3) is 0 Å². The number of aromatic nitrogens is 2. The molecular formula is C10H14N4. The maximum absolute atomic E-state index is 4.56. The third-order valence-electron chi connectivity index (χ3n) is 2.47. The van der Waals surface area contributed by atoms with Crippen LogP contribution in [0, 0.1) is 0 Å². The van der Waals surface area contributed by atoms with Crippen molar-refractivity contribution in [2.75, 3.05) is 0 Å². The van der Waals surface area contributed by atoms with Crippen LogP contribution < -0.4 is 0 Å². The monoisotopic (exact) mass is 190 g/mol. The molecule has 0 fully saturated rings. The Hall–Kier alpha value is -1.45. The summed E-state index contributed by atoms with van der Waals surface area (Å²) in [7, 11) is 1.90. The molecule has 0 saturated carbocycles. The summed E-state index contributed by atoms with van der Waals surface area (Å²) in [4.78, 5) is 8.95. The summed E-state index contributed by atoms with van der Waals surface area (Å²) in [5, 5.41) is 4.11. The number of aryl methyl sites for hydroxylation is 1. The molecule has 4 heteroatoms. The van der Waals surface area contributed by atoms with E-state index in [0.29, 0.717) is 0 Å². The van der Waals surface area contributed by atoms with Crippen LogP contribution in [0.1, 0.15) is 19.4 Å². The Labute approximate surface area is 83.4 Å². The largest absolute Gasteiger partial charge is 0.286 e.